The molecular weight excluding hydrogens is 290 g/mol. The molecule has 2 heterocycles. The maximum Gasteiger partial charge on any atom is 0.168 e. The molecule has 1 aromatic carbocycles. The van der Waals surface area contributed by atoms with E-state index in [0.717, 1.165) is 11.4 Å². The number of nitrogen functional groups attached to an aromatic ring is 2. The molecule has 3 aromatic rings. The fourth-order valence-corrected chi connectivity index (χ4v) is 2.26. The van der Waals surface area contributed by atoms with Gasteiger partial charge in [-0.2, -0.15) is 0 Å². The number of hydrogen-bond donors (Lipinski definition) is 3. The highest BCUT2D eigenvalue weighted by Gasteiger charge is 2.18. The van der Waals surface area contributed by atoms with Crippen molar-refractivity contribution in [1.82, 2.24) is 15.0 Å². The molecule has 0 radical (unpaired) electrons. The maximum atomic E-state index is 6.15. The summed E-state index contributed by atoms with van der Waals surface area (Å²) in [6, 6.07) is 15.7. The first kappa shape index (κ1) is 14.7. The lowest BCUT2D eigenvalue weighted by molar-refractivity contribution is 0.917. The van der Waals surface area contributed by atoms with Gasteiger partial charge in [0.25, 0.3) is 0 Å². The van der Waals surface area contributed by atoms with Crippen molar-refractivity contribution < 1.29 is 0 Å². The molecule has 0 aliphatic heterocycles. The van der Waals surface area contributed by atoms with Crippen molar-refractivity contribution in [3.8, 4) is 0 Å². The summed E-state index contributed by atoms with van der Waals surface area (Å²) in [5, 5.41) is 0. The minimum Gasteiger partial charge on any atom is -0.393 e. The van der Waals surface area contributed by atoms with E-state index in [0.29, 0.717) is 23.9 Å². The van der Waals surface area contributed by atoms with Crippen molar-refractivity contribution in [1.29, 1.82) is 0 Å². The summed E-state index contributed by atoms with van der Waals surface area (Å²) in [5.41, 5.74) is 10.1. The van der Waals surface area contributed by atoms with Crippen LogP contribution in [0.2, 0.25) is 0 Å². The second-order valence-corrected chi connectivity index (χ2v) is 4.86. The Morgan fingerprint density at radius 3 is 2.43 bits per heavy atom. The van der Waals surface area contributed by atoms with E-state index in [1.165, 1.54) is 6.33 Å². The lowest BCUT2D eigenvalue weighted by Gasteiger charge is -2.24. The average molecular weight is 307 g/mol. The van der Waals surface area contributed by atoms with Crippen LogP contribution in [0, 0.1) is 0 Å². The summed E-state index contributed by atoms with van der Waals surface area (Å²) in [5.74, 6) is 7.13. The van der Waals surface area contributed by atoms with Gasteiger partial charge in [0.1, 0.15) is 17.8 Å². The van der Waals surface area contributed by atoms with Gasteiger partial charge in [0, 0.05) is 6.20 Å². The molecule has 23 heavy (non-hydrogen) atoms. The molecule has 5 N–H and O–H groups in total. The van der Waals surface area contributed by atoms with E-state index in [9.17, 15) is 0 Å². The zero-order valence-electron chi connectivity index (χ0n) is 12.4. The fraction of sp³-hybridized carbons (Fsp3) is 0.0625. The molecule has 7 nitrogen and oxygen atoms in total. The van der Waals surface area contributed by atoms with Crippen molar-refractivity contribution in [2.24, 2.45) is 5.84 Å². The number of nitrogens with two attached hydrogens (primary N) is 2. The number of anilines is 4. The number of hydrazine groups is 1. The topological polar surface area (TPSA) is 106 Å². The van der Waals surface area contributed by atoms with E-state index in [1.807, 2.05) is 53.4 Å². The number of pyridine rings is 1. The van der Waals surface area contributed by atoms with E-state index in [-0.39, 0.29) is 0 Å². The quantitative estimate of drug-likeness (QED) is 0.489. The van der Waals surface area contributed by atoms with Gasteiger partial charge in [0.15, 0.2) is 11.6 Å². The van der Waals surface area contributed by atoms with Gasteiger partial charge in [-0.1, -0.05) is 36.4 Å². The van der Waals surface area contributed by atoms with Crippen LogP contribution in [0.1, 0.15) is 5.56 Å². The molecule has 0 saturated carbocycles. The Labute approximate surface area is 134 Å². The molecule has 0 atom stereocenters. The Morgan fingerprint density at radius 2 is 1.74 bits per heavy atom. The maximum absolute atomic E-state index is 6.15. The van der Waals surface area contributed by atoms with Gasteiger partial charge in [-0.3, -0.25) is 0 Å². The number of benzene rings is 1. The Kier molecular flexibility index (Phi) is 4.30. The second kappa shape index (κ2) is 6.71. The zero-order valence-corrected chi connectivity index (χ0v) is 12.4. The lowest BCUT2D eigenvalue weighted by atomic mass is 10.2. The smallest absolute Gasteiger partial charge is 0.168 e. The molecule has 0 aliphatic carbocycles. The van der Waals surface area contributed by atoms with Gasteiger partial charge >= 0.3 is 0 Å². The highest BCUT2D eigenvalue weighted by Crippen LogP contribution is 2.31. The fourth-order valence-electron chi connectivity index (χ4n) is 2.26. The third-order valence-corrected chi connectivity index (χ3v) is 3.36. The summed E-state index contributed by atoms with van der Waals surface area (Å²) in [6.45, 7) is 0.572. The van der Waals surface area contributed by atoms with Gasteiger partial charge in [-0.05, 0) is 17.7 Å². The molecule has 116 valence electrons. The highest BCUT2D eigenvalue weighted by molar-refractivity contribution is 5.78. The third kappa shape index (κ3) is 3.19. The number of nitrogens with one attached hydrogen (secondary N) is 1. The van der Waals surface area contributed by atoms with Crippen LogP contribution in [0.25, 0.3) is 0 Å². The molecule has 0 fully saturated rings. The van der Waals surface area contributed by atoms with Gasteiger partial charge in [0.05, 0.1) is 6.54 Å². The molecule has 0 unspecified atom stereocenters. The van der Waals surface area contributed by atoms with Crippen molar-refractivity contribution in [2.75, 3.05) is 16.1 Å². The van der Waals surface area contributed by atoms with Crippen molar-refractivity contribution in [2.45, 2.75) is 6.54 Å². The SMILES string of the molecule is NNc1ncnc(N(Cc2ccccc2)c2ccccn2)c1N. The van der Waals surface area contributed by atoms with E-state index in [4.69, 9.17) is 11.6 Å². The number of hydrogen-bond acceptors (Lipinski definition) is 7. The van der Waals surface area contributed by atoms with Crippen LogP contribution < -0.4 is 21.9 Å². The van der Waals surface area contributed by atoms with E-state index >= 15 is 0 Å². The predicted octanol–water partition coefficient (Wildman–Crippen LogP) is 2.08. The van der Waals surface area contributed by atoms with Crippen LogP contribution in [-0.4, -0.2) is 15.0 Å². The van der Waals surface area contributed by atoms with Crippen LogP contribution in [0.15, 0.2) is 61.1 Å². The number of nitrogens with zero attached hydrogens (tertiary/aromatic N) is 4. The Morgan fingerprint density at radius 1 is 0.957 bits per heavy atom. The van der Waals surface area contributed by atoms with Crippen LogP contribution in [0.5, 0.6) is 0 Å². The Bertz CT molecular complexity index is 762. The minimum absolute atomic E-state index is 0.372. The van der Waals surface area contributed by atoms with Gasteiger partial charge < -0.3 is 16.1 Å². The second-order valence-electron chi connectivity index (χ2n) is 4.86. The van der Waals surface area contributed by atoms with Crippen molar-refractivity contribution in [3.05, 3.63) is 66.6 Å². The summed E-state index contributed by atoms with van der Waals surface area (Å²) in [7, 11) is 0. The van der Waals surface area contributed by atoms with Gasteiger partial charge in [0.2, 0.25) is 0 Å². The molecule has 0 aliphatic rings. The predicted molar refractivity (Wildman–Crippen MR) is 90.8 cm³/mol. The molecule has 0 amide bonds. The molecule has 0 bridgehead atoms. The highest BCUT2D eigenvalue weighted by atomic mass is 15.3. The Balaban J connectivity index is 2.05. The summed E-state index contributed by atoms with van der Waals surface area (Å²) >= 11 is 0. The third-order valence-electron chi connectivity index (χ3n) is 3.36. The summed E-state index contributed by atoms with van der Waals surface area (Å²) < 4.78 is 0. The van der Waals surface area contributed by atoms with E-state index in [1.54, 1.807) is 6.20 Å². The first-order valence-corrected chi connectivity index (χ1v) is 7.09. The van der Waals surface area contributed by atoms with Crippen molar-refractivity contribution >= 4 is 23.1 Å². The average Bonchev–Trinajstić information content (AvgIpc) is 2.62. The first-order chi connectivity index (χ1) is 11.3. The van der Waals surface area contributed by atoms with E-state index < -0.39 is 0 Å². The van der Waals surface area contributed by atoms with Gasteiger partial charge in [-0.25, -0.2) is 20.8 Å². The van der Waals surface area contributed by atoms with Crippen LogP contribution in [-0.2, 0) is 6.54 Å². The monoisotopic (exact) mass is 307 g/mol. The minimum atomic E-state index is 0.372. The standard InChI is InChI=1S/C16H17N7/c17-14-15(22-18)20-11-21-16(14)23(13-8-4-5-9-19-13)10-12-6-2-1-3-7-12/h1-9,11H,10,17-18H2,(H,20,21,22). The molecular formula is C16H17N7. The first-order valence-electron chi connectivity index (χ1n) is 7.09. The molecule has 2 aromatic heterocycles. The van der Waals surface area contributed by atoms with Crippen LogP contribution >= 0.6 is 0 Å². The molecule has 0 saturated heterocycles. The van der Waals surface area contributed by atoms with E-state index in [2.05, 4.69) is 20.4 Å². The number of rotatable bonds is 5. The number of aromatic nitrogens is 3. The molecule has 0 spiro atoms. The summed E-state index contributed by atoms with van der Waals surface area (Å²) in [6.07, 6.45) is 3.15. The van der Waals surface area contributed by atoms with Crippen LogP contribution in [0.3, 0.4) is 0 Å². The summed E-state index contributed by atoms with van der Waals surface area (Å²) in [4.78, 5) is 14.7. The van der Waals surface area contributed by atoms with Gasteiger partial charge in [-0.15, -0.1) is 0 Å². The normalized spacial score (nSPS) is 10.3. The molecule has 7 heteroatoms. The largest absolute Gasteiger partial charge is 0.393 e. The van der Waals surface area contributed by atoms with Crippen LogP contribution in [0.4, 0.5) is 23.1 Å². The van der Waals surface area contributed by atoms with Crippen molar-refractivity contribution in [3.63, 3.8) is 0 Å². The molecule has 3 rings (SSSR count). The zero-order chi connectivity index (χ0) is 16.1. The Hall–Kier alpha value is -3.19. The lowest BCUT2D eigenvalue weighted by Crippen LogP contribution is -2.22.